The molecule has 0 saturated carbocycles. The van der Waals surface area contributed by atoms with E-state index in [1.807, 2.05) is 31.2 Å². The minimum atomic E-state index is -0.588. The topological polar surface area (TPSA) is 56.8 Å². The van der Waals surface area contributed by atoms with Gasteiger partial charge in [-0.3, -0.25) is 4.79 Å². The molecule has 0 bridgehead atoms. The number of nitrogens with one attached hydrogen (secondary N) is 1. The molecule has 1 aliphatic rings. The number of hydrogen-bond acceptors (Lipinski definition) is 4. The van der Waals surface area contributed by atoms with Crippen molar-refractivity contribution >= 4 is 17.5 Å². The van der Waals surface area contributed by atoms with Crippen LogP contribution in [0.4, 0.5) is 0 Å². The van der Waals surface area contributed by atoms with Gasteiger partial charge in [0.15, 0.2) is 17.6 Å². The summed E-state index contributed by atoms with van der Waals surface area (Å²) >= 11 is 5.94. The van der Waals surface area contributed by atoms with E-state index in [0.29, 0.717) is 36.1 Å². The minimum absolute atomic E-state index is 0.190. The molecule has 2 aromatic carbocycles. The second-order valence-electron chi connectivity index (χ2n) is 5.71. The predicted molar refractivity (Wildman–Crippen MR) is 95.5 cm³/mol. The first-order valence-corrected chi connectivity index (χ1v) is 8.62. The second kappa shape index (κ2) is 8.12. The third-order valence-electron chi connectivity index (χ3n) is 3.81. The summed E-state index contributed by atoms with van der Waals surface area (Å²) in [6, 6.07) is 14.5. The lowest BCUT2D eigenvalue weighted by atomic mass is 10.2. The Morgan fingerprint density at radius 1 is 1.28 bits per heavy atom. The number of amides is 1. The molecule has 5 nitrogen and oxygen atoms in total. The highest BCUT2D eigenvalue weighted by molar-refractivity contribution is 6.30. The monoisotopic (exact) mass is 361 g/mol. The Balaban J connectivity index is 1.53. The van der Waals surface area contributed by atoms with Crippen LogP contribution in [-0.2, 0) is 4.79 Å². The summed E-state index contributed by atoms with van der Waals surface area (Å²) in [4.78, 5) is 12.4. The highest BCUT2D eigenvalue weighted by Gasteiger charge is 2.24. The van der Waals surface area contributed by atoms with Crippen molar-refractivity contribution in [2.45, 2.75) is 25.6 Å². The van der Waals surface area contributed by atoms with E-state index >= 15 is 0 Å². The molecular weight excluding hydrogens is 342 g/mol. The van der Waals surface area contributed by atoms with Gasteiger partial charge in [-0.1, -0.05) is 36.7 Å². The van der Waals surface area contributed by atoms with E-state index in [2.05, 4.69) is 5.32 Å². The van der Waals surface area contributed by atoms with Gasteiger partial charge in [-0.25, -0.2) is 0 Å². The van der Waals surface area contributed by atoms with Gasteiger partial charge in [0.05, 0.1) is 6.54 Å². The minimum Gasteiger partial charge on any atom is -0.486 e. The zero-order valence-corrected chi connectivity index (χ0v) is 14.7. The van der Waals surface area contributed by atoms with Crippen molar-refractivity contribution in [2.24, 2.45) is 0 Å². The first kappa shape index (κ1) is 17.4. The third-order valence-corrected chi connectivity index (χ3v) is 4.04. The van der Waals surface area contributed by atoms with E-state index in [4.69, 9.17) is 25.8 Å². The van der Waals surface area contributed by atoms with Crippen LogP contribution >= 0.6 is 11.6 Å². The molecule has 0 fully saturated rings. The lowest BCUT2D eigenvalue weighted by molar-refractivity contribution is -0.128. The van der Waals surface area contributed by atoms with E-state index in [0.717, 1.165) is 5.75 Å². The molecule has 1 aliphatic heterocycles. The van der Waals surface area contributed by atoms with Crippen molar-refractivity contribution in [2.75, 3.05) is 13.2 Å². The highest BCUT2D eigenvalue weighted by Crippen LogP contribution is 2.30. The van der Waals surface area contributed by atoms with Gasteiger partial charge in [-0.15, -0.1) is 0 Å². The zero-order valence-electron chi connectivity index (χ0n) is 13.9. The summed E-state index contributed by atoms with van der Waals surface area (Å²) < 4.78 is 17.2. The molecule has 1 amide bonds. The van der Waals surface area contributed by atoms with Crippen molar-refractivity contribution in [1.29, 1.82) is 0 Å². The molecule has 0 saturated heterocycles. The van der Waals surface area contributed by atoms with Crippen LogP contribution in [0.1, 0.15) is 13.3 Å². The SMILES string of the molecule is CC[C@H](Oc1cccc(Cl)c1)C(=O)NC[C@H]1COc2ccccc2O1. The number of fused-ring (bicyclic) bond motifs is 1. The standard InChI is InChI=1S/C19H20ClNO4/c1-2-16(24-14-7-5-6-13(20)10-14)19(22)21-11-15-12-23-17-8-3-4-9-18(17)25-15/h3-10,15-16H,2,11-12H2,1H3,(H,21,22)/t15-,16-/m0/s1. The number of rotatable bonds is 6. The van der Waals surface area contributed by atoms with Crippen LogP contribution in [0.25, 0.3) is 0 Å². The fourth-order valence-electron chi connectivity index (χ4n) is 2.52. The van der Waals surface area contributed by atoms with E-state index < -0.39 is 6.10 Å². The van der Waals surface area contributed by atoms with Crippen LogP contribution in [0.5, 0.6) is 17.2 Å². The maximum absolute atomic E-state index is 12.4. The summed E-state index contributed by atoms with van der Waals surface area (Å²) in [6.45, 7) is 2.64. The average molecular weight is 362 g/mol. The number of para-hydroxylation sites is 2. The fraction of sp³-hybridized carbons (Fsp3) is 0.316. The Morgan fingerprint density at radius 3 is 2.84 bits per heavy atom. The van der Waals surface area contributed by atoms with Crippen LogP contribution in [0.2, 0.25) is 5.02 Å². The molecule has 0 aromatic heterocycles. The molecule has 132 valence electrons. The molecule has 25 heavy (non-hydrogen) atoms. The number of halogens is 1. The zero-order chi connectivity index (χ0) is 17.6. The molecule has 3 rings (SSSR count). The lowest BCUT2D eigenvalue weighted by Crippen LogP contribution is -2.45. The van der Waals surface area contributed by atoms with Gasteiger partial charge in [0.1, 0.15) is 18.5 Å². The fourth-order valence-corrected chi connectivity index (χ4v) is 2.70. The van der Waals surface area contributed by atoms with Crippen LogP contribution in [0.3, 0.4) is 0 Å². The summed E-state index contributed by atoms with van der Waals surface area (Å²) in [7, 11) is 0. The van der Waals surface area contributed by atoms with Crippen LogP contribution in [0, 0.1) is 0 Å². The van der Waals surface area contributed by atoms with E-state index in [-0.39, 0.29) is 12.0 Å². The molecule has 1 heterocycles. The van der Waals surface area contributed by atoms with Gasteiger partial charge in [0.25, 0.3) is 5.91 Å². The molecule has 6 heteroatoms. The molecule has 0 unspecified atom stereocenters. The van der Waals surface area contributed by atoms with Gasteiger partial charge in [-0.2, -0.15) is 0 Å². The number of carbonyl (C=O) groups is 1. The van der Waals surface area contributed by atoms with Crippen molar-refractivity contribution in [1.82, 2.24) is 5.32 Å². The number of hydrogen-bond donors (Lipinski definition) is 1. The molecule has 2 aromatic rings. The molecule has 0 aliphatic carbocycles. The first-order valence-electron chi connectivity index (χ1n) is 8.24. The third kappa shape index (κ3) is 4.57. The van der Waals surface area contributed by atoms with Gasteiger partial charge in [0.2, 0.25) is 0 Å². The number of benzene rings is 2. The molecule has 2 atom stereocenters. The Morgan fingerprint density at radius 2 is 2.08 bits per heavy atom. The van der Waals surface area contributed by atoms with E-state index in [9.17, 15) is 4.79 Å². The highest BCUT2D eigenvalue weighted by atomic mass is 35.5. The predicted octanol–water partition coefficient (Wildman–Crippen LogP) is 3.45. The first-order chi connectivity index (χ1) is 12.2. The number of ether oxygens (including phenoxy) is 3. The number of carbonyl (C=O) groups excluding carboxylic acids is 1. The van der Waals surface area contributed by atoms with Gasteiger partial charge >= 0.3 is 0 Å². The molecule has 0 spiro atoms. The van der Waals surface area contributed by atoms with Crippen LogP contribution in [-0.4, -0.2) is 31.3 Å². The van der Waals surface area contributed by atoms with Gasteiger partial charge in [-0.05, 0) is 36.8 Å². The van der Waals surface area contributed by atoms with Gasteiger partial charge < -0.3 is 19.5 Å². The Hall–Kier alpha value is -2.40. The smallest absolute Gasteiger partial charge is 0.261 e. The second-order valence-corrected chi connectivity index (χ2v) is 6.15. The maximum atomic E-state index is 12.4. The van der Waals surface area contributed by atoms with E-state index in [1.165, 1.54) is 0 Å². The Kier molecular flexibility index (Phi) is 5.66. The molecular formula is C19H20ClNO4. The molecule has 1 N–H and O–H groups in total. The maximum Gasteiger partial charge on any atom is 0.261 e. The normalized spacial score (nSPS) is 16.8. The van der Waals surface area contributed by atoms with Gasteiger partial charge in [0, 0.05) is 5.02 Å². The van der Waals surface area contributed by atoms with E-state index in [1.54, 1.807) is 24.3 Å². The van der Waals surface area contributed by atoms with Crippen molar-refractivity contribution < 1.29 is 19.0 Å². The van der Waals surface area contributed by atoms with Crippen molar-refractivity contribution in [3.8, 4) is 17.2 Å². The summed E-state index contributed by atoms with van der Waals surface area (Å²) in [5, 5.41) is 3.44. The summed E-state index contributed by atoms with van der Waals surface area (Å²) in [5.41, 5.74) is 0. The van der Waals surface area contributed by atoms with Crippen molar-refractivity contribution in [3.63, 3.8) is 0 Å². The Bertz CT molecular complexity index is 737. The average Bonchev–Trinajstić information content (AvgIpc) is 2.64. The van der Waals surface area contributed by atoms with Crippen molar-refractivity contribution in [3.05, 3.63) is 53.6 Å². The largest absolute Gasteiger partial charge is 0.486 e. The van der Waals surface area contributed by atoms with Crippen LogP contribution < -0.4 is 19.5 Å². The van der Waals surface area contributed by atoms with Crippen LogP contribution in [0.15, 0.2) is 48.5 Å². The lowest BCUT2D eigenvalue weighted by Gasteiger charge is -2.27. The quantitative estimate of drug-likeness (QED) is 0.856. The Labute approximate surface area is 151 Å². The summed E-state index contributed by atoms with van der Waals surface area (Å²) in [5.74, 6) is 1.79. The summed E-state index contributed by atoms with van der Waals surface area (Å²) in [6.07, 6.45) is -0.277. The molecule has 0 radical (unpaired) electrons.